The Hall–Kier alpha value is -2.11. The summed E-state index contributed by atoms with van der Waals surface area (Å²) in [4.78, 5) is 15.4. The Bertz CT molecular complexity index is 765. The summed E-state index contributed by atoms with van der Waals surface area (Å²) in [5.41, 5.74) is 1.75. The molecule has 0 aromatic heterocycles. The van der Waals surface area contributed by atoms with Gasteiger partial charge in [-0.2, -0.15) is 0 Å². The Morgan fingerprint density at radius 2 is 1.63 bits per heavy atom. The second-order valence-electron chi connectivity index (χ2n) is 7.46. The number of benzene rings is 2. The molecule has 0 spiro atoms. The van der Waals surface area contributed by atoms with Crippen molar-refractivity contribution in [1.29, 1.82) is 0 Å². The summed E-state index contributed by atoms with van der Waals surface area (Å²) in [6, 6.07) is 16.5. The van der Waals surface area contributed by atoms with Crippen LogP contribution in [0.3, 0.4) is 0 Å². The highest BCUT2D eigenvalue weighted by Gasteiger charge is 2.41. The normalized spacial score (nSPS) is 25.5. The standard InChI is InChI=1S/C22H23F2NO2/c23-22(24)17-8-6-16(7-9-17)21(26)18-10-19-13-27-14-20(11-18)25(19)12-15-4-2-1-3-5-15/h1-9,18-20,22H,10-14H2. The van der Waals surface area contributed by atoms with E-state index in [1.54, 1.807) is 0 Å². The number of halogens is 2. The van der Waals surface area contributed by atoms with Crippen LogP contribution in [0.2, 0.25) is 0 Å². The minimum absolute atomic E-state index is 0.0468. The second-order valence-corrected chi connectivity index (χ2v) is 7.46. The van der Waals surface area contributed by atoms with Crippen molar-refractivity contribution in [2.24, 2.45) is 5.92 Å². The Morgan fingerprint density at radius 3 is 2.22 bits per heavy atom. The summed E-state index contributed by atoms with van der Waals surface area (Å²) in [6.07, 6.45) is -1.01. The van der Waals surface area contributed by atoms with Crippen molar-refractivity contribution in [3.05, 3.63) is 71.3 Å². The highest BCUT2D eigenvalue weighted by molar-refractivity contribution is 5.98. The molecule has 142 valence electrons. The van der Waals surface area contributed by atoms with Crippen LogP contribution in [0.1, 0.15) is 40.8 Å². The number of hydrogen-bond acceptors (Lipinski definition) is 3. The average Bonchev–Trinajstić information content (AvgIpc) is 2.68. The molecule has 2 atom stereocenters. The third kappa shape index (κ3) is 3.94. The predicted molar refractivity (Wildman–Crippen MR) is 98.8 cm³/mol. The van der Waals surface area contributed by atoms with Gasteiger partial charge in [0.25, 0.3) is 6.43 Å². The molecule has 2 aromatic rings. The molecule has 2 unspecified atom stereocenters. The van der Waals surface area contributed by atoms with E-state index in [0.29, 0.717) is 18.8 Å². The number of carbonyl (C=O) groups excluding carboxylic acids is 1. The molecule has 0 saturated carbocycles. The second kappa shape index (κ2) is 7.87. The number of piperidine rings is 1. The maximum atomic E-state index is 12.9. The van der Waals surface area contributed by atoms with E-state index in [9.17, 15) is 13.6 Å². The van der Waals surface area contributed by atoms with Crippen LogP contribution < -0.4 is 0 Å². The third-order valence-electron chi connectivity index (χ3n) is 5.70. The first-order chi connectivity index (χ1) is 13.1. The maximum Gasteiger partial charge on any atom is 0.263 e. The number of Topliss-reactive ketones (excluding diaryl/α,β-unsaturated/α-hetero) is 1. The van der Waals surface area contributed by atoms with E-state index in [1.807, 2.05) is 18.2 Å². The van der Waals surface area contributed by atoms with Crippen molar-refractivity contribution in [2.75, 3.05) is 13.2 Å². The van der Waals surface area contributed by atoms with Gasteiger partial charge in [-0.15, -0.1) is 0 Å². The smallest absolute Gasteiger partial charge is 0.263 e. The summed E-state index contributed by atoms with van der Waals surface area (Å²) in [5.74, 6) is -0.0135. The van der Waals surface area contributed by atoms with Crippen LogP contribution in [0, 0.1) is 5.92 Å². The molecule has 0 amide bonds. The molecule has 2 saturated heterocycles. The van der Waals surface area contributed by atoms with Crippen LogP contribution in [0.25, 0.3) is 0 Å². The number of carbonyl (C=O) groups is 1. The average molecular weight is 371 g/mol. The lowest BCUT2D eigenvalue weighted by atomic mass is 9.80. The lowest BCUT2D eigenvalue weighted by Gasteiger charge is -2.48. The van der Waals surface area contributed by atoms with E-state index in [1.165, 1.54) is 29.8 Å². The van der Waals surface area contributed by atoms with Crippen molar-refractivity contribution < 1.29 is 18.3 Å². The molecule has 0 aliphatic carbocycles. The summed E-state index contributed by atoms with van der Waals surface area (Å²) in [6.45, 7) is 2.14. The van der Waals surface area contributed by atoms with Gasteiger partial charge in [-0.05, 0) is 18.4 Å². The molecule has 3 nitrogen and oxygen atoms in total. The SMILES string of the molecule is O=C(c1ccc(C(F)F)cc1)C1CC2COCC(C1)N2Cc1ccccc1. The fourth-order valence-corrected chi connectivity index (χ4v) is 4.28. The lowest BCUT2D eigenvalue weighted by molar-refractivity contribution is -0.0872. The van der Waals surface area contributed by atoms with Gasteiger partial charge in [0.05, 0.1) is 13.2 Å². The number of morpholine rings is 1. The van der Waals surface area contributed by atoms with Gasteiger partial charge in [-0.3, -0.25) is 9.69 Å². The van der Waals surface area contributed by atoms with Crippen LogP contribution in [0.15, 0.2) is 54.6 Å². The molecule has 2 bridgehead atoms. The molecule has 2 heterocycles. The van der Waals surface area contributed by atoms with Crippen molar-refractivity contribution in [2.45, 2.75) is 37.9 Å². The number of alkyl halides is 2. The van der Waals surface area contributed by atoms with Gasteiger partial charge in [0.2, 0.25) is 0 Å². The minimum atomic E-state index is -2.51. The molecule has 27 heavy (non-hydrogen) atoms. The minimum Gasteiger partial charge on any atom is -0.378 e. The van der Waals surface area contributed by atoms with Gasteiger partial charge >= 0.3 is 0 Å². The zero-order valence-corrected chi connectivity index (χ0v) is 15.1. The first-order valence-electron chi connectivity index (χ1n) is 9.41. The molecular weight excluding hydrogens is 348 g/mol. The van der Waals surface area contributed by atoms with Crippen LogP contribution in [-0.4, -0.2) is 36.0 Å². The van der Waals surface area contributed by atoms with Crippen LogP contribution in [0.5, 0.6) is 0 Å². The molecule has 0 radical (unpaired) electrons. The Morgan fingerprint density at radius 1 is 1.00 bits per heavy atom. The molecule has 0 N–H and O–H groups in total. The van der Waals surface area contributed by atoms with Crippen LogP contribution in [-0.2, 0) is 11.3 Å². The van der Waals surface area contributed by atoms with E-state index >= 15 is 0 Å². The predicted octanol–water partition coefficient (Wildman–Crippen LogP) is 4.49. The van der Waals surface area contributed by atoms with E-state index in [-0.39, 0.29) is 29.3 Å². The lowest BCUT2D eigenvalue weighted by Crippen LogP contribution is -2.57. The van der Waals surface area contributed by atoms with E-state index < -0.39 is 6.43 Å². The highest BCUT2D eigenvalue weighted by Crippen LogP contribution is 2.34. The molecule has 2 aliphatic rings. The van der Waals surface area contributed by atoms with Gasteiger partial charge in [-0.1, -0.05) is 54.6 Å². The Balaban J connectivity index is 1.47. The highest BCUT2D eigenvalue weighted by atomic mass is 19.3. The van der Waals surface area contributed by atoms with Gasteiger partial charge in [-0.25, -0.2) is 8.78 Å². The molecule has 2 aromatic carbocycles. The molecule has 2 aliphatic heterocycles. The topological polar surface area (TPSA) is 29.5 Å². The number of ether oxygens (including phenoxy) is 1. The Labute approximate surface area is 157 Å². The molecule has 2 fully saturated rings. The summed E-state index contributed by atoms with van der Waals surface area (Å²) in [7, 11) is 0. The number of fused-ring (bicyclic) bond motifs is 2. The first kappa shape index (κ1) is 18.3. The van der Waals surface area contributed by atoms with Crippen LogP contribution >= 0.6 is 0 Å². The van der Waals surface area contributed by atoms with Gasteiger partial charge in [0.1, 0.15) is 0 Å². The molecule has 4 rings (SSSR count). The first-order valence-corrected chi connectivity index (χ1v) is 9.41. The van der Waals surface area contributed by atoms with Crippen molar-refractivity contribution in [3.63, 3.8) is 0 Å². The fourth-order valence-electron chi connectivity index (χ4n) is 4.28. The van der Waals surface area contributed by atoms with Gasteiger partial charge in [0, 0.05) is 35.7 Å². The Kier molecular flexibility index (Phi) is 5.32. The number of nitrogens with zero attached hydrogens (tertiary/aromatic N) is 1. The summed E-state index contributed by atoms with van der Waals surface area (Å²) in [5, 5.41) is 0. The summed E-state index contributed by atoms with van der Waals surface area (Å²) < 4.78 is 31.2. The van der Waals surface area contributed by atoms with Gasteiger partial charge < -0.3 is 4.74 Å². The van der Waals surface area contributed by atoms with Crippen molar-refractivity contribution in [1.82, 2.24) is 4.90 Å². The molecule has 5 heteroatoms. The van der Waals surface area contributed by atoms with Crippen molar-refractivity contribution >= 4 is 5.78 Å². The van der Waals surface area contributed by atoms with Gasteiger partial charge in [0.15, 0.2) is 5.78 Å². The zero-order valence-electron chi connectivity index (χ0n) is 15.1. The zero-order chi connectivity index (χ0) is 18.8. The number of ketones is 1. The van der Waals surface area contributed by atoms with E-state index in [2.05, 4.69) is 17.0 Å². The van der Waals surface area contributed by atoms with Crippen LogP contribution in [0.4, 0.5) is 8.78 Å². The third-order valence-corrected chi connectivity index (χ3v) is 5.70. The van der Waals surface area contributed by atoms with E-state index in [0.717, 1.165) is 19.4 Å². The summed E-state index contributed by atoms with van der Waals surface area (Å²) >= 11 is 0. The maximum absolute atomic E-state index is 12.9. The molecular formula is C22H23F2NO2. The number of rotatable bonds is 5. The largest absolute Gasteiger partial charge is 0.378 e. The quantitative estimate of drug-likeness (QED) is 0.726. The van der Waals surface area contributed by atoms with Crippen molar-refractivity contribution in [3.8, 4) is 0 Å². The number of hydrogen-bond donors (Lipinski definition) is 0. The monoisotopic (exact) mass is 371 g/mol. The fraction of sp³-hybridized carbons (Fsp3) is 0.409. The van der Waals surface area contributed by atoms with E-state index in [4.69, 9.17) is 4.74 Å².